The van der Waals surface area contributed by atoms with Gasteiger partial charge < -0.3 is 10.1 Å². The highest BCUT2D eigenvalue weighted by atomic mass is 19.3. The number of aromatic amines is 1. The van der Waals surface area contributed by atoms with Crippen molar-refractivity contribution in [1.82, 2.24) is 4.98 Å². The summed E-state index contributed by atoms with van der Waals surface area (Å²) >= 11 is 0. The summed E-state index contributed by atoms with van der Waals surface area (Å²) < 4.78 is 25.7. The van der Waals surface area contributed by atoms with Gasteiger partial charge in [-0.05, 0) is 11.6 Å². The molecule has 0 aromatic carbocycles. The third kappa shape index (κ3) is 3.23. The summed E-state index contributed by atoms with van der Waals surface area (Å²) in [6, 6.07) is 1.50. The van der Waals surface area contributed by atoms with Crippen LogP contribution in [0.5, 0.6) is 0 Å². The Hall–Kier alpha value is -1.39. The monoisotopic (exact) mass is 189 g/mol. The van der Waals surface area contributed by atoms with Crippen LogP contribution in [0.2, 0.25) is 0 Å². The van der Waals surface area contributed by atoms with Crippen molar-refractivity contribution in [2.24, 2.45) is 0 Å². The Balaban J connectivity index is 2.56. The van der Waals surface area contributed by atoms with E-state index in [1.54, 1.807) is 0 Å². The van der Waals surface area contributed by atoms with E-state index in [0.717, 1.165) is 0 Å². The topological polar surface area (TPSA) is 53.1 Å². The molecule has 0 radical (unpaired) electrons. The van der Waals surface area contributed by atoms with E-state index in [4.69, 9.17) is 5.11 Å². The maximum absolute atomic E-state index is 12.8. The molecule has 0 fully saturated rings. The third-order valence-electron chi connectivity index (χ3n) is 1.53. The van der Waals surface area contributed by atoms with Gasteiger partial charge in [0.25, 0.3) is 5.92 Å². The first-order chi connectivity index (χ1) is 5.99. The quantitative estimate of drug-likeness (QED) is 0.756. The largest absolute Gasteiger partial charge is 0.481 e. The smallest absolute Gasteiger partial charge is 0.309 e. The van der Waals surface area contributed by atoms with Crippen LogP contribution in [0.4, 0.5) is 8.78 Å². The molecule has 0 saturated carbocycles. The van der Waals surface area contributed by atoms with E-state index in [1.807, 2.05) is 0 Å². The second kappa shape index (κ2) is 3.55. The molecule has 1 aromatic heterocycles. The Morgan fingerprint density at radius 3 is 2.77 bits per heavy atom. The van der Waals surface area contributed by atoms with Crippen molar-refractivity contribution in [1.29, 1.82) is 0 Å². The van der Waals surface area contributed by atoms with Crippen LogP contribution >= 0.6 is 0 Å². The Bertz CT molecular complexity index is 282. The van der Waals surface area contributed by atoms with Gasteiger partial charge in [-0.3, -0.25) is 4.79 Å². The fourth-order valence-corrected chi connectivity index (χ4v) is 1.05. The van der Waals surface area contributed by atoms with Crippen molar-refractivity contribution < 1.29 is 18.7 Å². The lowest BCUT2D eigenvalue weighted by atomic mass is 10.1. The minimum Gasteiger partial charge on any atom is -0.481 e. The van der Waals surface area contributed by atoms with Gasteiger partial charge in [-0.15, -0.1) is 0 Å². The number of carboxylic acid groups (broad SMARTS) is 1. The summed E-state index contributed by atoms with van der Waals surface area (Å²) in [5, 5.41) is 8.19. The van der Waals surface area contributed by atoms with Crippen LogP contribution in [0, 0.1) is 0 Å². The van der Waals surface area contributed by atoms with E-state index in [-0.39, 0.29) is 0 Å². The fraction of sp³-hybridized carbons (Fsp3) is 0.375. The van der Waals surface area contributed by atoms with Gasteiger partial charge in [-0.2, -0.15) is 0 Å². The third-order valence-corrected chi connectivity index (χ3v) is 1.53. The molecule has 0 unspecified atom stereocenters. The molecule has 0 amide bonds. The van der Waals surface area contributed by atoms with E-state index in [2.05, 4.69) is 4.98 Å². The van der Waals surface area contributed by atoms with E-state index in [9.17, 15) is 13.6 Å². The predicted molar refractivity (Wildman–Crippen MR) is 41.7 cm³/mol. The second-order valence-electron chi connectivity index (χ2n) is 2.82. The Kier molecular flexibility index (Phi) is 2.65. The standard InChI is InChI=1S/C8H9F2NO2/c9-8(10,4-7(12)13)3-6-1-2-11-5-6/h1-2,5,11H,3-4H2,(H,12,13). The maximum atomic E-state index is 12.8. The lowest BCUT2D eigenvalue weighted by Gasteiger charge is -2.12. The molecule has 72 valence electrons. The molecule has 2 N–H and O–H groups in total. The molecule has 0 spiro atoms. The second-order valence-corrected chi connectivity index (χ2v) is 2.82. The number of alkyl halides is 2. The Labute approximate surface area is 73.4 Å². The Morgan fingerprint density at radius 2 is 2.31 bits per heavy atom. The lowest BCUT2D eigenvalue weighted by Crippen LogP contribution is -2.23. The van der Waals surface area contributed by atoms with Crippen LogP contribution in [-0.2, 0) is 11.2 Å². The van der Waals surface area contributed by atoms with Gasteiger partial charge >= 0.3 is 5.97 Å². The summed E-state index contributed by atoms with van der Waals surface area (Å²) in [5.41, 5.74) is 0.409. The zero-order valence-corrected chi connectivity index (χ0v) is 6.76. The molecular formula is C8H9F2NO2. The summed E-state index contributed by atoms with van der Waals surface area (Å²) in [6.07, 6.45) is 1.28. The highest BCUT2D eigenvalue weighted by Crippen LogP contribution is 2.23. The normalized spacial score (nSPS) is 11.5. The number of carbonyl (C=O) groups is 1. The molecule has 1 heterocycles. The molecule has 0 saturated heterocycles. The molecule has 0 atom stereocenters. The van der Waals surface area contributed by atoms with Crippen LogP contribution in [0.25, 0.3) is 0 Å². The summed E-state index contributed by atoms with van der Waals surface area (Å²) in [7, 11) is 0. The molecule has 0 bridgehead atoms. The van der Waals surface area contributed by atoms with E-state index in [1.165, 1.54) is 18.5 Å². The van der Waals surface area contributed by atoms with Crippen molar-refractivity contribution >= 4 is 5.97 Å². The number of rotatable bonds is 4. The number of halogens is 2. The van der Waals surface area contributed by atoms with E-state index >= 15 is 0 Å². The summed E-state index contributed by atoms with van der Waals surface area (Å²) in [5.74, 6) is -4.66. The number of aliphatic carboxylic acids is 1. The average Bonchev–Trinajstić information content (AvgIpc) is 2.34. The highest BCUT2D eigenvalue weighted by Gasteiger charge is 2.32. The van der Waals surface area contributed by atoms with E-state index in [0.29, 0.717) is 5.56 Å². The van der Waals surface area contributed by atoms with Crippen molar-refractivity contribution in [3.63, 3.8) is 0 Å². The zero-order valence-electron chi connectivity index (χ0n) is 6.76. The molecule has 1 aromatic rings. The van der Waals surface area contributed by atoms with Crippen LogP contribution in [-0.4, -0.2) is 22.0 Å². The molecule has 0 aliphatic carbocycles. The van der Waals surface area contributed by atoms with Crippen molar-refractivity contribution in [2.75, 3.05) is 0 Å². The number of H-pyrrole nitrogens is 1. The molecule has 0 aliphatic heterocycles. The molecule has 13 heavy (non-hydrogen) atoms. The first-order valence-electron chi connectivity index (χ1n) is 3.71. The van der Waals surface area contributed by atoms with Crippen molar-refractivity contribution in [3.05, 3.63) is 24.0 Å². The van der Waals surface area contributed by atoms with Crippen molar-refractivity contribution in [2.45, 2.75) is 18.8 Å². The van der Waals surface area contributed by atoms with Crippen LogP contribution in [0.15, 0.2) is 18.5 Å². The minimum atomic E-state index is -3.17. The minimum absolute atomic E-state index is 0.409. The first kappa shape index (κ1) is 9.70. The van der Waals surface area contributed by atoms with Crippen LogP contribution in [0.1, 0.15) is 12.0 Å². The number of hydrogen-bond donors (Lipinski definition) is 2. The number of carboxylic acids is 1. The average molecular weight is 189 g/mol. The number of aromatic nitrogens is 1. The van der Waals surface area contributed by atoms with Gasteiger partial charge in [-0.25, -0.2) is 8.78 Å². The Morgan fingerprint density at radius 1 is 1.62 bits per heavy atom. The molecule has 5 heteroatoms. The number of hydrogen-bond acceptors (Lipinski definition) is 1. The summed E-state index contributed by atoms with van der Waals surface area (Å²) in [4.78, 5) is 12.7. The van der Waals surface area contributed by atoms with Gasteiger partial charge in [0.05, 0.1) is 0 Å². The molecular weight excluding hydrogens is 180 g/mol. The molecule has 3 nitrogen and oxygen atoms in total. The van der Waals surface area contributed by atoms with Crippen LogP contribution < -0.4 is 0 Å². The van der Waals surface area contributed by atoms with Gasteiger partial charge in [0.15, 0.2) is 0 Å². The lowest BCUT2D eigenvalue weighted by molar-refractivity contribution is -0.144. The molecule has 1 rings (SSSR count). The van der Waals surface area contributed by atoms with Gasteiger partial charge in [0, 0.05) is 18.8 Å². The van der Waals surface area contributed by atoms with E-state index < -0.39 is 24.7 Å². The van der Waals surface area contributed by atoms with Crippen LogP contribution in [0.3, 0.4) is 0 Å². The van der Waals surface area contributed by atoms with Gasteiger partial charge in [0.1, 0.15) is 6.42 Å². The van der Waals surface area contributed by atoms with Gasteiger partial charge in [0.2, 0.25) is 0 Å². The highest BCUT2D eigenvalue weighted by molar-refractivity contribution is 5.67. The molecule has 0 aliphatic rings. The predicted octanol–water partition coefficient (Wildman–Crippen LogP) is 1.67. The SMILES string of the molecule is O=C(O)CC(F)(F)Cc1cc[nH]c1. The maximum Gasteiger partial charge on any atom is 0.309 e. The van der Waals surface area contributed by atoms with Crippen molar-refractivity contribution in [3.8, 4) is 0 Å². The first-order valence-corrected chi connectivity index (χ1v) is 3.71. The fourth-order valence-electron chi connectivity index (χ4n) is 1.05. The van der Waals surface area contributed by atoms with Gasteiger partial charge in [-0.1, -0.05) is 0 Å². The zero-order chi connectivity index (χ0) is 9.90. The number of nitrogens with one attached hydrogen (secondary N) is 1. The summed E-state index contributed by atoms with van der Waals surface area (Å²) in [6.45, 7) is 0.